The van der Waals surface area contributed by atoms with E-state index in [-0.39, 0.29) is 11.4 Å². The molecule has 0 saturated heterocycles. The van der Waals surface area contributed by atoms with Gasteiger partial charge in [0.15, 0.2) is 5.65 Å². The minimum absolute atomic E-state index is 0.204. The van der Waals surface area contributed by atoms with Crippen molar-refractivity contribution in [1.82, 2.24) is 29.3 Å². The van der Waals surface area contributed by atoms with Crippen LogP contribution >= 0.6 is 0 Å². The Kier molecular flexibility index (Phi) is 7.03. The maximum Gasteiger partial charge on any atom is 0.324 e. The number of rotatable bonds is 7. The highest BCUT2D eigenvalue weighted by molar-refractivity contribution is 6.07. The zero-order valence-corrected chi connectivity index (χ0v) is 24.0. The van der Waals surface area contributed by atoms with Crippen molar-refractivity contribution in [1.29, 1.82) is 0 Å². The number of hydrogen-bond acceptors (Lipinski definition) is 6. The van der Waals surface area contributed by atoms with Crippen molar-refractivity contribution in [2.45, 2.75) is 39.7 Å². The summed E-state index contributed by atoms with van der Waals surface area (Å²) in [4.78, 5) is 26.3. The van der Waals surface area contributed by atoms with Crippen molar-refractivity contribution in [3.8, 4) is 11.4 Å². The van der Waals surface area contributed by atoms with Crippen molar-refractivity contribution in [3.05, 3.63) is 96.8 Å². The molecule has 0 aliphatic rings. The Morgan fingerprint density at radius 1 is 0.929 bits per heavy atom. The number of fused-ring (bicyclic) bond motifs is 2. The van der Waals surface area contributed by atoms with Crippen molar-refractivity contribution >= 4 is 39.5 Å². The van der Waals surface area contributed by atoms with Crippen LogP contribution < -0.4 is 15.4 Å². The number of nitrogens with one attached hydrogen (secondary N) is 2. The predicted octanol–water partition coefficient (Wildman–Crippen LogP) is 6.49. The smallest absolute Gasteiger partial charge is 0.324 e. The molecule has 0 unspecified atom stereocenters. The number of carbonyl (C=O) groups excluding carboxylic acids is 1. The van der Waals surface area contributed by atoms with Gasteiger partial charge in [0.1, 0.15) is 18.2 Å². The lowest BCUT2D eigenvalue weighted by Gasteiger charge is -2.14. The number of ether oxygens (including phenoxy) is 1. The van der Waals surface area contributed by atoms with Gasteiger partial charge in [-0.25, -0.2) is 19.4 Å². The van der Waals surface area contributed by atoms with Crippen molar-refractivity contribution in [2.24, 2.45) is 0 Å². The molecule has 0 aliphatic heterocycles. The molecule has 0 atom stereocenters. The molecule has 6 aromatic rings. The average Bonchev–Trinajstić information content (AvgIpc) is 3.59. The van der Waals surface area contributed by atoms with E-state index in [1.807, 2.05) is 78.2 Å². The fourth-order valence-corrected chi connectivity index (χ4v) is 4.73. The Bertz CT molecular complexity index is 1880. The van der Waals surface area contributed by atoms with Crippen LogP contribution in [0.4, 0.5) is 16.3 Å². The first-order chi connectivity index (χ1) is 20.3. The third kappa shape index (κ3) is 5.51. The SMILES string of the molecule is Cc1ccc(-n2nc(C(C)(C)C)cc2NC(=O)Nc2ccc(OCCn3cnc4ncccc43)c3ccccc23)cn1. The van der Waals surface area contributed by atoms with Crippen LogP contribution in [0, 0.1) is 6.92 Å². The molecule has 42 heavy (non-hydrogen) atoms. The van der Waals surface area contributed by atoms with Gasteiger partial charge in [-0.1, -0.05) is 45.0 Å². The quantitative estimate of drug-likeness (QED) is 0.231. The van der Waals surface area contributed by atoms with Crippen molar-refractivity contribution in [2.75, 3.05) is 17.2 Å². The molecule has 10 nitrogen and oxygen atoms in total. The first kappa shape index (κ1) is 26.9. The molecular formula is C32H32N8O2. The molecule has 0 fully saturated rings. The normalized spacial score (nSPS) is 11.6. The van der Waals surface area contributed by atoms with E-state index < -0.39 is 0 Å². The van der Waals surface area contributed by atoms with Gasteiger partial charge in [-0.15, -0.1) is 0 Å². The Labute approximate surface area is 243 Å². The molecule has 6 rings (SSSR count). The molecule has 0 spiro atoms. The highest BCUT2D eigenvalue weighted by Gasteiger charge is 2.22. The summed E-state index contributed by atoms with van der Waals surface area (Å²) >= 11 is 0. The van der Waals surface area contributed by atoms with Crippen LogP contribution in [0.15, 0.2) is 85.5 Å². The minimum atomic E-state index is -0.379. The monoisotopic (exact) mass is 560 g/mol. The fraction of sp³-hybridized carbons (Fsp3) is 0.219. The zero-order valence-electron chi connectivity index (χ0n) is 24.0. The number of carbonyl (C=O) groups is 1. The van der Waals surface area contributed by atoms with E-state index in [1.54, 1.807) is 23.4 Å². The molecule has 2 N–H and O–H groups in total. The third-order valence-electron chi connectivity index (χ3n) is 6.98. The van der Waals surface area contributed by atoms with Gasteiger partial charge in [-0.2, -0.15) is 5.10 Å². The lowest BCUT2D eigenvalue weighted by atomic mass is 9.92. The number of urea groups is 1. The summed E-state index contributed by atoms with van der Waals surface area (Å²) in [6.07, 6.45) is 5.25. The van der Waals surface area contributed by atoms with E-state index in [9.17, 15) is 4.79 Å². The molecule has 0 saturated carbocycles. The maximum atomic E-state index is 13.3. The molecule has 2 aromatic carbocycles. The standard InChI is InChI=1S/C32H32N8O2/c1-21-11-12-22(19-34-21)40-29(18-28(38-40)32(2,3)4)37-31(41)36-25-13-14-27(24-9-6-5-8-23(24)25)42-17-16-39-20-35-30-26(39)10-7-15-33-30/h5-15,18-20H,16-17H2,1-4H3,(H2,36,37,41). The Balaban J connectivity index is 1.20. The van der Waals surface area contributed by atoms with Crippen molar-refractivity contribution < 1.29 is 9.53 Å². The van der Waals surface area contributed by atoms with Gasteiger partial charge in [0.2, 0.25) is 0 Å². The Morgan fingerprint density at radius 3 is 2.55 bits per heavy atom. The molecule has 4 heterocycles. The number of imidazole rings is 1. The number of anilines is 2. The summed E-state index contributed by atoms with van der Waals surface area (Å²) in [5.41, 5.74) is 4.66. The third-order valence-corrected chi connectivity index (χ3v) is 6.98. The summed E-state index contributed by atoms with van der Waals surface area (Å²) < 4.78 is 9.92. The second kappa shape index (κ2) is 11.0. The van der Waals surface area contributed by atoms with Crippen LogP contribution in [0.25, 0.3) is 27.6 Å². The highest BCUT2D eigenvalue weighted by atomic mass is 16.5. The van der Waals surface area contributed by atoms with Crippen LogP contribution in [0.3, 0.4) is 0 Å². The van der Waals surface area contributed by atoms with Gasteiger partial charge in [-0.05, 0) is 43.3 Å². The maximum absolute atomic E-state index is 13.3. The van der Waals surface area contributed by atoms with Crippen LogP contribution in [0.2, 0.25) is 0 Å². The van der Waals surface area contributed by atoms with E-state index in [0.29, 0.717) is 30.3 Å². The summed E-state index contributed by atoms with van der Waals surface area (Å²) in [6.45, 7) is 9.26. The van der Waals surface area contributed by atoms with Gasteiger partial charge in [-0.3, -0.25) is 10.3 Å². The summed E-state index contributed by atoms with van der Waals surface area (Å²) in [7, 11) is 0. The second-order valence-corrected chi connectivity index (χ2v) is 11.1. The largest absolute Gasteiger partial charge is 0.491 e. The lowest BCUT2D eigenvalue weighted by Crippen LogP contribution is -2.21. The van der Waals surface area contributed by atoms with Crippen LogP contribution in [0.5, 0.6) is 5.75 Å². The van der Waals surface area contributed by atoms with E-state index in [1.165, 1.54) is 0 Å². The number of benzene rings is 2. The fourth-order valence-electron chi connectivity index (χ4n) is 4.73. The molecule has 212 valence electrons. The highest BCUT2D eigenvalue weighted by Crippen LogP contribution is 2.32. The summed E-state index contributed by atoms with van der Waals surface area (Å²) in [5.74, 6) is 1.29. The molecule has 0 aliphatic carbocycles. The zero-order chi connectivity index (χ0) is 29.3. The predicted molar refractivity (Wildman–Crippen MR) is 164 cm³/mol. The summed E-state index contributed by atoms with van der Waals surface area (Å²) in [6, 6.07) is 20.8. The van der Waals surface area contributed by atoms with E-state index in [0.717, 1.165) is 39.1 Å². The molecule has 0 bridgehead atoms. The van der Waals surface area contributed by atoms with Crippen LogP contribution in [0.1, 0.15) is 32.2 Å². The van der Waals surface area contributed by atoms with E-state index >= 15 is 0 Å². The first-order valence-corrected chi connectivity index (χ1v) is 13.8. The van der Waals surface area contributed by atoms with E-state index in [4.69, 9.17) is 9.84 Å². The van der Waals surface area contributed by atoms with Gasteiger partial charge < -0.3 is 14.6 Å². The number of pyridine rings is 2. The van der Waals surface area contributed by atoms with Crippen molar-refractivity contribution in [3.63, 3.8) is 0 Å². The van der Waals surface area contributed by atoms with Crippen LogP contribution in [-0.4, -0.2) is 41.9 Å². The van der Waals surface area contributed by atoms with Gasteiger partial charge in [0.05, 0.1) is 41.7 Å². The number of hydrogen-bond donors (Lipinski definition) is 2. The Morgan fingerprint density at radius 2 is 1.76 bits per heavy atom. The molecule has 10 heteroatoms. The molecular weight excluding hydrogens is 528 g/mol. The van der Waals surface area contributed by atoms with Crippen LogP contribution in [-0.2, 0) is 12.0 Å². The number of aromatic nitrogens is 6. The first-order valence-electron chi connectivity index (χ1n) is 13.8. The number of amides is 2. The van der Waals surface area contributed by atoms with Gasteiger partial charge in [0, 0.05) is 34.1 Å². The Hall–Kier alpha value is -5.25. The van der Waals surface area contributed by atoms with Gasteiger partial charge in [0.25, 0.3) is 0 Å². The number of nitrogens with zero attached hydrogens (tertiary/aromatic N) is 6. The minimum Gasteiger partial charge on any atom is -0.491 e. The molecule has 4 aromatic heterocycles. The summed E-state index contributed by atoms with van der Waals surface area (Å²) in [5, 5.41) is 12.5. The van der Waals surface area contributed by atoms with Gasteiger partial charge >= 0.3 is 6.03 Å². The average molecular weight is 561 g/mol. The topological polar surface area (TPSA) is 112 Å². The molecule has 2 amide bonds. The van der Waals surface area contributed by atoms with E-state index in [2.05, 4.69) is 46.4 Å². The number of aryl methyl sites for hydroxylation is 1. The lowest BCUT2D eigenvalue weighted by molar-refractivity contribution is 0.262. The second-order valence-electron chi connectivity index (χ2n) is 11.1. The molecule has 0 radical (unpaired) electrons.